The van der Waals surface area contributed by atoms with Crippen LogP contribution in [0.2, 0.25) is 0 Å². The molecule has 1 unspecified atom stereocenters. The van der Waals surface area contributed by atoms with Crippen LogP contribution in [-0.4, -0.2) is 34.5 Å². The van der Waals surface area contributed by atoms with Gasteiger partial charge in [-0.05, 0) is 31.2 Å². The Bertz CT molecular complexity index is 472. The van der Waals surface area contributed by atoms with Crippen molar-refractivity contribution in [2.45, 2.75) is 51.0 Å². The first kappa shape index (κ1) is 15.5. The highest BCUT2D eigenvalue weighted by Crippen LogP contribution is 2.19. The molecular weight excluding hydrogens is 266 g/mol. The summed E-state index contributed by atoms with van der Waals surface area (Å²) < 4.78 is 0. The molecule has 0 aromatic heterocycles. The maximum absolute atomic E-state index is 12.3. The molecular formula is C17H23NO3. The number of hydrogen-bond acceptors (Lipinski definition) is 2. The summed E-state index contributed by atoms with van der Waals surface area (Å²) in [5.74, 6) is -0.881. The first-order valence-corrected chi connectivity index (χ1v) is 7.74. The van der Waals surface area contributed by atoms with Gasteiger partial charge in [-0.2, -0.15) is 0 Å². The lowest BCUT2D eigenvalue weighted by Gasteiger charge is -2.27. The maximum atomic E-state index is 12.3. The van der Waals surface area contributed by atoms with Crippen LogP contribution in [0.25, 0.3) is 0 Å². The highest BCUT2D eigenvalue weighted by atomic mass is 16.4. The number of likely N-dealkylation sites (tertiary alicyclic amines) is 1. The van der Waals surface area contributed by atoms with Crippen molar-refractivity contribution >= 4 is 11.9 Å². The average Bonchev–Trinajstić information content (AvgIpc) is 2.74. The number of amides is 1. The average molecular weight is 289 g/mol. The van der Waals surface area contributed by atoms with E-state index in [1.165, 1.54) is 5.56 Å². The van der Waals surface area contributed by atoms with Gasteiger partial charge in [-0.25, -0.2) is 4.79 Å². The molecule has 4 nitrogen and oxygen atoms in total. The van der Waals surface area contributed by atoms with E-state index >= 15 is 0 Å². The van der Waals surface area contributed by atoms with Gasteiger partial charge < -0.3 is 10.0 Å². The minimum absolute atomic E-state index is 0.0137. The van der Waals surface area contributed by atoms with E-state index in [0.717, 1.165) is 32.1 Å². The number of nitrogens with zero attached hydrogens (tertiary/aromatic N) is 1. The van der Waals surface area contributed by atoms with Gasteiger partial charge in [0.15, 0.2) is 0 Å². The molecule has 0 spiro atoms. The molecule has 114 valence electrons. The van der Waals surface area contributed by atoms with Gasteiger partial charge in [-0.1, -0.05) is 43.2 Å². The van der Waals surface area contributed by atoms with E-state index in [1.807, 2.05) is 18.2 Å². The molecule has 1 aliphatic rings. The van der Waals surface area contributed by atoms with E-state index in [4.69, 9.17) is 0 Å². The number of aryl methyl sites for hydroxylation is 1. The first-order chi connectivity index (χ1) is 10.2. The molecule has 1 saturated heterocycles. The van der Waals surface area contributed by atoms with Gasteiger partial charge in [0.05, 0.1) is 0 Å². The largest absolute Gasteiger partial charge is 0.480 e. The third-order valence-corrected chi connectivity index (χ3v) is 4.06. The summed E-state index contributed by atoms with van der Waals surface area (Å²) in [4.78, 5) is 25.2. The van der Waals surface area contributed by atoms with Crippen molar-refractivity contribution in [1.29, 1.82) is 0 Å². The zero-order chi connectivity index (χ0) is 15.1. The molecule has 2 rings (SSSR count). The van der Waals surface area contributed by atoms with Crippen LogP contribution < -0.4 is 0 Å². The third kappa shape index (κ3) is 4.59. The molecule has 1 aromatic rings. The number of benzene rings is 1. The number of carbonyl (C=O) groups excluding carboxylic acids is 1. The molecule has 1 aliphatic heterocycles. The summed E-state index contributed by atoms with van der Waals surface area (Å²) in [5, 5.41) is 9.29. The monoisotopic (exact) mass is 289 g/mol. The molecule has 21 heavy (non-hydrogen) atoms. The number of carboxylic acid groups (broad SMARTS) is 1. The van der Waals surface area contributed by atoms with Gasteiger partial charge in [0.2, 0.25) is 5.91 Å². The van der Waals surface area contributed by atoms with Crippen LogP contribution >= 0.6 is 0 Å². The van der Waals surface area contributed by atoms with Crippen molar-refractivity contribution in [2.75, 3.05) is 6.54 Å². The maximum Gasteiger partial charge on any atom is 0.326 e. The lowest BCUT2D eigenvalue weighted by atomic mass is 10.1. The van der Waals surface area contributed by atoms with Crippen molar-refractivity contribution in [3.63, 3.8) is 0 Å². The topological polar surface area (TPSA) is 57.6 Å². The number of aliphatic carboxylic acids is 1. The van der Waals surface area contributed by atoms with Gasteiger partial charge in [-0.3, -0.25) is 4.79 Å². The van der Waals surface area contributed by atoms with Crippen molar-refractivity contribution < 1.29 is 14.7 Å². The second kappa shape index (κ2) is 7.81. The van der Waals surface area contributed by atoms with E-state index < -0.39 is 12.0 Å². The normalized spacial score (nSPS) is 19.0. The van der Waals surface area contributed by atoms with E-state index in [1.54, 1.807) is 4.90 Å². The van der Waals surface area contributed by atoms with E-state index in [0.29, 0.717) is 19.4 Å². The molecule has 1 heterocycles. The Hall–Kier alpha value is -1.84. The second-order valence-electron chi connectivity index (χ2n) is 5.63. The molecule has 1 amide bonds. The standard InChI is InChI=1S/C17H23NO3/c19-16(12-7-10-14-8-3-1-4-9-14)18-13-6-2-5-11-15(18)17(20)21/h1,3-4,8-9,15H,2,5-7,10-13H2,(H,20,21). The lowest BCUT2D eigenvalue weighted by molar-refractivity contribution is -0.150. The number of rotatable bonds is 5. The molecule has 0 aliphatic carbocycles. The quantitative estimate of drug-likeness (QED) is 0.906. The van der Waals surface area contributed by atoms with Crippen LogP contribution in [0.4, 0.5) is 0 Å². The van der Waals surface area contributed by atoms with E-state index in [-0.39, 0.29) is 5.91 Å². The van der Waals surface area contributed by atoms with Crippen LogP contribution in [0, 0.1) is 0 Å². The van der Waals surface area contributed by atoms with Crippen LogP contribution in [0.3, 0.4) is 0 Å². The summed E-state index contributed by atoms with van der Waals surface area (Å²) >= 11 is 0. The summed E-state index contributed by atoms with van der Waals surface area (Å²) in [5.41, 5.74) is 1.22. The summed E-state index contributed by atoms with van der Waals surface area (Å²) in [6, 6.07) is 9.44. The molecule has 0 bridgehead atoms. The van der Waals surface area contributed by atoms with Crippen LogP contribution in [0.5, 0.6) is 0 Å². The molecule has 1 atom stereocenters. The Morgan fingerprint density at radius 2 is 1.90 bits per heavy atom. The van der Waals surface area contributed by atoms with Gasteiger partial charge in [-0.15, -0.1) is 0 Å². The molecule has 0 saturated carbocycles. The zero-order valence-electron chi connectivity index (χ0n) is 12.3. The zero-order valence-corrected chi connectivity index (χ0v) is 12.3. The van der Waals surface area contributed by atoms with Gasteiger partial charge >= 0.3 is 5.97 Å². The molecule has 1 fully saturated rings. The third-order valence-electron chi connectivity index (χ3n) is 4.06. The minimum atomic E-state index is -0.867. The second-order valence-corrected chi connectivity index (χ2v) is 5.63. The van der Waals surface area contributed by atoms with Crippen molar-refractivity contribution in [3.8, 4) is 0 Å². The van der Waals surface area contributed by atoms with Crippen molar-refractivity contribution in [3.05, 3.63) is 35.9 Å². The summed E-state index contributed by atoms with van der Waals surface area (Å²) in [7, 11) is 0. The fraction of sp³-hybridized carbons (Fsp3) is 0.529. The highest BCUT2D eigenvalue weighted by molar-refractivity contribution is 5.83. The van der Waals surface area contributed by atoms with Crippen LogP contribution in [0.15, 0.2) is 30.3 Å². The van der Waals surface area contributed by atoms with Gasteiger partial charge in [0, 0.05) is 13.0 Å². The fourth-order valence-electron chi connectivity index (χ4n) is 2.90. The van der Waals surface area contributed by atoms with Crippen molar-refractivity contribution in [2.24, 2.45) is 0 Å². The summed E-state index contributed by atoms with van der Waals surface area (Å²) in [6.45, 7) is 0.584. The smallest absolute Gasteiger partial charge is 0.326 e. The Balaban J connectivity index is 1.87. The van der Waals surface area contributed by atoms with E-state index in [9.17, 15) is 14.7 Å². The molecule has 4 heteroatoms. The lowest BCUT2D eigenvalue weighted by Crippen LogP contribution is -2.44. The van der Waals surface area contributed by atoms with Gasteiger partial charge in [0.25, 0.3) is 0 Å². The first-order valence-electron chi connectivity index (χ1n) is 7.74. The predicted octanol–water partition coefficient (Wildman–Crippen LogP) is 2.87. The predicted molar refractivity (Wildman–Crippen MR) is 81.0 cm³/mol. The highest BCUT2D eigenvalue weighted by Gasteiger charge is 2.30. The number of carbonyl (C=O) groups is 2. The minimum Gasteiger partial charge on any atom is -0.480 e. The van der Waals surface area contributed by atoms with Crippen LogP contribution in [0.1, 0.15) is 44.1 Å². The fourth-order valence-corrected chi connectivity index (χ4v) is 2.90. The van der Waals surface area contributed by atoms with E-state index in [2.05, 4.69) is 12.1 Å². The Kier molecular flexibility index (Phi) is 5.78. The molecule has 0 radical (unpaired) electrons. The van der Waals surface area contributed by atoms with Gasteiger partial charge in [0.1, 0.15) is 6.04 Å². The Morgan fingerprint density at radius 1 is 1.14 bits per heavy atom. The number of hydrogen-bond donors (Lipinski definition) is 1. The number of carboxylic acids is 1. The molecule has 1 N–H and O–H groups in total. The summed E-state index contributed by atoms with van der Waals surface area (Å²) in [6.07, 6.45) is 5.46. The Morgan fingerprint density at radius 3 is 2.62 bits per heavy atom. The Labute approximate surface area is 125 Å². The SMILES string of the molecule is O=C(O)C1CCCCCN1C(=O)CCCc1ccccc1. The van der Waals surface area contributed by atoms with Crippen molar-refractivity contribution in [1.82, 2.24) is 4.90 Å². The molecule has 1 aromatic carbocycles. The van der Waals surface area contributed by atoms with Crippen LogP contribution in [-0.2, 0) is 16.0 Å².